The van der Waals surface area contributed by atoms with Crippen LogP contribution in [0.4, 0.5) is 11.4 Å². The van der Waals surface area contributed by atoms with Crippen molar-refractivity contribution in [1.29, 1.82) is 0 Å². The van der Waals surface area contributed by atoms with Gasteiger partial charge in [0.1, 0.15) is 5.75 Å². The fourth-order valence-corrected chi connectivity index (χ4v) is 9.71. The highest BCUT2D eigenvalue weighted by Crippen LogP contribution is 2.48. The molecular weight excluding hydrogens is 875 g/mol. The minimum atomic E-state index is -0.772. The molecule has 0 bridgehead atoms. The summed E-state index contributed by atoms with van der Waals surface area (Å²) in [7, 11) is 14.9. The van der Waals surface area contributed by atoms with Crippen molar-refractivity contribution in [1.82, 2.24) is 28.5 Å². The monoisotopic (exact) mass is 948 g/mol. The van der Waals surface area contributed by atoms with E-state index in [-0.39, 0.29) is 11.2 Å². The molecular formula is C54H73N7O6S. The Balaban J connectivity index is 0.000000171. The van der Waals surface area contributed by atoms with Gasteiger partial charge in [-0.1, -0.05) is 99.1 Å². The quantitative estimate of drug-likeness (QED) is 0.129. The van der Waals surface area contributed by atoms with E-state index in [0.29, 0.717) is 29.0 Å². The van der Waals surface area contributed by atoms with Crippen molar-refractivity contribution in [2.45, 2.75) is 87.2 Å². The van der Waals surface area contributed by atoms with E-state index in [4.69, 9.17) is 9.84 Å². The maximum Gasteiger partial charge on any atom is 0.332 e. The summed E-state index contributed by atoms with van der Waals surface area (Å²) in [6.45, 7) is 10.3. The normalized spacial score (nSPS) is 17.2. The van der Waals surface area contributed by atoms with Crippen LogP contribution in [0.5, 0.6) is 5.75 Å². The summed E-state index contributed by atoms with van der Waals surface area (Å²) in [5.41, 5.74) is 5.26. The molecule has 0 spiro atoms. The van der Waals surface area contributed by atoms with Gasteiger partial charge in [-0.2, -0.15) is 0 Å². The average Bonchev–Trinajstić information content (AvgIpc) is 3.72. The molecule has 13 nitrogen and oxygen atoms in total. The van der Waals surface area contributed by atoms with Crippen LogP contribution in [0, 0.1) is 11.8 Å². The predicted molar refractivity (Wildman–Crippen MR) is 277 cm³/mol. The third-order valence-electron chi connectivity index (χ3n) is 12.9. The fraction of sp³-hybridized carbons (Fsp3) is 0.444. The molecule has 2 aliphatic rings. The van der Waals surface area contributed by atoms with Gasteiger partial charge in [0.25, 0.3) is 5.56 Å². The van der Waals surface area contributed by atoms with Gasteiger partial charge in [0.15, 0.2) is 11.2 Å². The first kappa shape index (κ1) is 53.3. The average molecular weight is 948 g/mol. The van der Waals surface area contributed by atoms with Gasteiger partial charge in [-0.3, -0.25) is 18.7 Å². The Bertz CT molecular complexity index is 2660. The molecule has 6 aromatic rings. The van der Waals surface area contributed by atoms with Crippen LogP contribution in [0.15, 0.2) is 123 Å². The number of carbonyl (C=O) groups is 1. The SMILES string of the molecule is CC(C)Cc1ccc(C(C)C(=O)O)cc1.CC(CN1c2ccccc2Sc2ccccc21)N(C)C.COc1cccc([C@@]2(O)CCCC[C@@H]2CN(C)C)c1.Cn1c(=O)c2c(ncn2C)n(C)c1=O. The number of anilines is 2. The van der Waals surface area contributed by atoms with E-state index in [2.05, 4.69) is 117 Å². The minimum Gasteiger partial charge on any atom is -0.497 e. The molecule has 0 amide bonds. The number of aryl methyl sites for hydroxylation is 2. The second-order valence-corrected chi connectivity index (χ2v) is 20.0. The lowest BCUT2D eigenvalue weighted by atomic mass is 9.71. The zero-order valence-corrected chi connectivity index (χ0v) is 43.0. The van der Waals surface area contributed by atoms with E-state index in [0.717, 1.165) is 60.2 Å². The van der Waals surface area contributed by atoms with Crippen molar-refractivity contribution in [2.24, 2.45) is 33.0 Å². The zero-order chi connectivity index (χ0) is 49.9. The topological polar surface area (TPSA) is 138 Å². The number of ether oxygens (including phenoxy) is 1. The Kier molecular flexibility index (Phi) is 18.9. The number of methoxy groups -OCH3 is 1. The molecule has 4 atom stereocenters. The first-order chi connectivity index (χ1) is 32.3. The predicted octanol–water partition coefficient (Wildman–Crippen LogP) is 8.92. The summed E-state index contributed by atoms with van der Waals surface area (Å²) in [5.74, 6) is 0.556. The maximum absolute atomic E-state index is 11.7. The number of aliphatic carboxylic acids is 1. The van der Waals surface area contributed by atoms with Gasteiger partial charge in [0.2, 0.25) is 0 Å². The molecule has 366 valence electrons. The van der Waals surface area contributed by atoms with Crippen LogP contribution < -0.4 is 20.9 Å². The highest BCUT2D eigenvalue weighted by Gasteiger charge is 2.40. The summed E-state index contributed by atoms with van der Waals surface area (Å²) in [6, 6.07) is 33.6. The summed E-state index contributed by atoms with van der Waals surface area (Å²) in [4.78, 5) is 47.5. The number of aliphatic hydroxyl groups is 1. The third-order valence-corrected chi connectivity index (χ3v) is 14.0. The standard InChI is InChI=1S/C17H20N2S.C16H25NO2.C13H18O2.C8H10N4O2/c1-13(18(2)3)12-19-14-8-4-6-10-16(14)20-17-11-7-5-9-15(17)19;1-17(2)12-14-7-4-5-10-16(14,18)13-8-6-9-15(11-13)19-3;1-9(2)8-11-4-6-12(7-5-11)10(3)13(14)15;1-10-4-9-6-5(10)7(13)12(3)8(14)11(6)2/h4-11,13H,12H2,1-3H3;6,8-9,11,14,18H,4-5,7,10,12H2,1-3H3;4-7,9-10H,8H2,1-3H3,(H,14,15);4H,1-3H3/t;14-,16+;;/m.1../s1. The van der Waals surface area contributed by atoms with Crippen molar-refractivity contribution < 1.29 is 19.7 Å². The van der Waals surface area contributed by atoms with Crippen molar-refractivity contribution in [2.75, 3.05) is 53.3 Å². The van der Waals surface area contributed by atoms with E-state index in [1.54, 1.807) is 32.7 Å². The summed E-state index contributed by atoms with van der Waals surface area (Å²) >= 11 is 1.87. The molecule has 1 saturated carbocycles. The van der Waals surface area contributed by atoms with E-state index < -0.39 is 17.5 Å². The Morgan fingerprint density at radius 3 is 2.03 bits per heavy atom. The minimum absolute atomic E-state index is 0.295. The van der Waals surface area contributed by atoms with Gasteiger partial charge in [-0.25, -0.2) is 9.78 Å². The Labute approximate surface area is 407 Å². The molecule has 2 aromatic heterocycles. The van der Waals surface area contributed by atoms with Gasteiger partial charge in [-0.15, -0.1) is 0 Å². The Morgan fingerprint density at radius 2 is 1.47 bits per heavy atom. The maximum atomic E-state index is 11.7. The first-order valence-corrected chi connectivity index (χ1v) is 24.3. The summed E-state index contributed by atoms with van der Waals surface area (Å²) in [5, 5.41) is 20.0. The number of rotatable bonds is 11. The lowest BCUT2D eigenvalue weighted by Gasteiger charge is -2.41. The molecule has 0 saturated heterocycles. The van der Waals surface area contributed by atoms with Crippen LogP contribution in [0.3, 0.4) is 0 Å². The smallest absolute Gasteiger partial charge is 0.332 e. The van der Waals surface area contributed by atoms with Crippen LogP contribution in [0.2, 0.25) is 0 Å². The number of carboxylic acids is 1. The first-order valence-electron chi connectivity index (χ1n) is 23.5. The van der Waals surface area contributed by atoms with Gasteiger partial charge in [0.05, 0.1) is 36.3 Å². The number of fused-ring (bicyclic) bond motifs is 3. The number of hydrogen-bond donors (Lipinski definition) is 2. The van der Waals surface area contributed by atoms with Crippen LogP contribution >= 0.6 is 11.8 Å². The lowest BCUT2D eigenvalue weighted by Crippen LogP contribution is -2.43. The van der Waals surface area contributed by atoms with Crippen molar-refractivity contribution >= 4 is 40.3 Å². The molecule has 14 heteroatoms. The van der Waals surface area contributed by atoms with Gasteiger partial charge in [-0.05, 0) is 120 Å². The largest absolute Gasteiger partial charge is 0.497 e. The molecule has 68 heavy (non-hydrogen) atoms. The zero-order valence-electron chi connectivity index (χ0n) is 42.1. The second-order valence-electron chi connectivity index (χ2n) is 19.0. The van der Waals surface area contributed by atoms with Crippen LogP contribution in [0.25, 0.3) is 11.2 Å². The highest BCUT2D eigenvalue weighted by molar-refractivity contribution is 7.99. The van der Waals surface area contributed by atoms with Crippen molar-refractivity contribution in [3.05, 3.63) is 141 Å². The fourth-order valence-electron chi connectivity index (χ4n) is 8.62. The Morgan fingerprint density at radius 1 is 0.853 bits per heavy atom. The number of benzene rings is 4. The highest BCUT2D eigenvalue weighted by atomic mass is 32.2. The molecule has 2 unspecified atom stereocenters. The second kappa shape index (κ2) is 24.1. The molecule has 1 aliphatic carbocycles. The van der Waals surface area contributed by atoms with E-state index in [9.17, 15) is 19.5 Å². The van der Waals surface area contributed by atoms with Crippen molar-refractivity contribution in [3.8, 4) is 5.75 Å². The molecule has 0 radical (unpaired) electrons. The van der Waals surface area contributed by atoms with Crippen LogP contribution in [-0.2, 0) is 38.0 Å². The molecule has 4 aromatic carbocycles. The molecule has 2 N–H and O–H groups in total. The number of hydrogen-bond acceptors (Lipinski definition) is 10. The number of aromatic nitrogens is 4. The molecule has 8 rings (SSSR count). The lowest BCUT2D eigenvalue weighted by molar-refractivity contribution is -0.138. The number of imidazole rings is 1. The van der Waals surface area contributed by atoms with E-state index in [1.165, 1.54) is 51.1 Å². The number of carboxylic acid groups (broad SMARTS) is 1. The number of para-hydroxylation sites is 2. The van der Waals surface area contributed by atoms with E-state index >= 15 is 0 Å². The van der Waals surface area contributed by atoms with Gasteiger partial charge in [0, 0.05) is 56.0 Å². The van der Waals surface area contributed by atoms with Gasteiger partial charge < -0.3 is 34.2 Å². The number of likely N-dealkylation sites (N-methyl/N-ethyl adjacent to an activating group) is 1. The Hall–Kier alpha value is -5.67. The molecule has 1 fully saturated rings. The summed E-state index contributed by atoms with van der Waals surface area (Å²) < 4.78 is 9.33. The summed E-state index contributed by atoms with van der Waals surface area (Å²) in [6.07, 6.45) is 6.81. The van der Waals surface area contributed by atoms with Crippen LogP contribution in [0.1, 0.15) is 76.0 Å². The molecule has 3 heterocycles. The third kappa shape index (κ3) is 13.1. The van der Waals surface area contributed by atoms with Gasteiger partial charge >= 0.3 is 11.7 Å². The molecule has 1 aliphatic heterocycles. The van der Waals surface area contributed by atoms with Crippen molar-refractivity contribution in [3.63, 3.8) is 0 Å². The number of nitrogens with zero attached hydrogens (tertiary/aromatic N) is 7. The van der Waals surface area contributed by atoms with Crippen LogP contribution in [-0.4, -0.2) is 99.1 Å². The van der Waals surface area contributed by atoms with E-state index in [1.807, 2.05) is 60.3 Å².